The lowest BCUT2D eigenvalue weighted by Gasteiger charge is -2.07. The predicted octanol–water partition coefficient (Wildman–Crippen LogP) is 4.91. The van der Waals surface area contributed by atoms with E-state index in [4.69, 9.17) is 16.3 Å². The maximum absolute atomic E-state index is 12.4. The van der Waals surface area contributed by atoms with Crippen molar-refractivity contribution in [1.29, 1.82) is 0 Å². The van der Waals surface area contributed by atoms with E-state index in [0.717, 1.165) is 0 Å². The largest absolute Gasteiger partial charge is 0.508 e. The van der Waals surface area contributed by atoms with E-state index >= 15 is 0 Å². The number of phenolic OH excluding ortho intramolecular Hbond substituents is 1. The first-order valence-corrected chi connectivity index (χ1v) is 8.82. The number of carbonyl (C=O) groups excluding carboxylic acids is 2. The number of amides is 1. The van der Waals surface area contributed by atoms with Crippen molar-refractivity contribution in [2.75, 3.05) is 5.32 Å². The van der Waals surface area contributed by atoms with Gasteiger partial charge in [0.2, 0.25) is 5.78 Å². The van der Waals surface area contributed by atoms with Gasteiger partial charge in [-0.05, 0) is 48.0 Å². The van der Waals surface area contributed by atoms with Crippen LogP contribution in [0.5, 0.6) is 11.5 Å². The monoisotopic (exact) mass is 391 g/mol. The van der Waals surface area contributed by atoms with Crippen LogP contribution in [0.1, 0.15) is 26.3 Å². The molecule has 2 N–H and O–H groups in total. The fourth-order valence-corrected chi connectivity index (χ4v) is 3.10. The molecule has 0 aliphatic carbocycles. The number of aromatic hydroxyl groups is 1. The summed E-state index contributed by atoms with van der Waals surface area (Å²) in [6, 6.07) is 18.1. The van der Waals surface area contributed by atoms with Crippen molar-refractivity contribution in [1.82, 2.24) is 0 Å². The van der Waals surface area contributed by atoms with E-state index < -0.39 is 0 Å². The molecule has 5 nitrogen and oxygen atoms in total. The molecule has 138 valence electrons. The molecule has 1 aliphatic rings. The van der Waals surface area contributed by atoms with E-state index in [2.05, 4.69) is 5.32 Å². The first-order valence-electron chi connectivity index (χ1n) is 8.44. The number of anilines is 1. The van der Waals surface area contributed by atoms with Crippen molar-refractivity contribution in [2.45, 2.75) is 0 Å². The van der Waals surface area contributed by atoms with Gasteiger partial charge in [0, 0.05) is 11.8 Å². The molecule has 0 unspecified atom stereocenters. The highest BCUT2D eigenvalue weighted by atomic mass is 35.5. The zero-order chi connectivity index (χ0) is 19.7. The Bertz CT molecular complexity index is 1140. The zero-order valence-electron chi connectivity index (χ0n) is 14.5. The number of carbonyl (C=O) groups is 2. The van der Waals surface area contributed by atoms with Crippen LogP contribution in [-0.4, -0.2) is 16.8 Å². The van der Waals surface area contributed by atoms with E-state index in [-0.39, 0.29) is 23.2 Å². The summed E-state index contributed by atoms with van der Waals surface area (Å²) in [6.45, 7) is 0. The van der Waals surface area contributed by atoms with Crippen molar-refractivity contribution in [3.63, 3.8) is 0 Å². The molecule has 6 heteroatoms. The van der Waals surface area contributed by atoms with Crippen molar-refractivity contribution in [2.24, 2.45) is 0 Å². The third kappa shape index (κ3) is 3.48. The number of halogens is 1. The fourth-order valence-electron chi connectivity index (χ4n) is 2.88. The number of hydrogen-bond donors (Lipinski definition) is 2. The van der Waals surface area contributed by atoms with Crippen molar-refractivity contribution in [3.8, 4) is 11.5 Å². The number of rotatable bonds is 3. The lowest BCUT2D eigenvalue weighted by Crippen LogP contribution is -2.12. The van der Waals surface area contributed by atoms with Crippen molar-refractivity contribution in [3.05, 3.63) is 94.2 Å². The molecule has 0 aromatic heterocycles. The average Bonchev–Trinajstić information content (AvgIpc) is 2.97. The summed E-state index contributed by atoms with van der Waals surface area (Å²) in [5.41, 5.74) is 2.00. The highest BCUT2D eigenvalue weighted by Crippen LogP contribution is 2.34. The maximum atomic E-state index is 12.4. The molecule has 1 aliphatic heterocycles. The Hall–Kier alpha value is -3.57. The average molecular weight is 392 g/mol. The van der Waals surface area contributed by atoms with E-state index in [9.17, 15) is 14.7 Å². The van der Waals surface area contributed by atoms with Crippen LogP contribution in [0.4, 0.5) is 5.69 Å². The normalized spacial score (nSPS) is 13.9. The van der Waals surface area contributed by atoms with Gasteiger partial charge in [0.1, 0.15) is 11.5 Å². The number of benzene rings is 3. The number of fused-ring (bicyclic) bond motifs is 1. The van der Waals surface area contributed by atoms with Gasteiger partial charge in [-0.3, -0.25) is 9.59 Å². The number of hydrogen-bond acceptors (Lipinski definition) is 4. The number of Topliss-reactive ketones (excluding diaryl/α,β-unsaturated/α-hetero) is 1. The molecule has 28 heavy (non-hydrogen) atoms. The smallest absolute Gasteiger partial charge is 0.257 e. The summed E-state index contributed by atoms with van der Waals surface area (Å²) < 4.78 is 5.56. The van der Waals surface area contributed by atoms with E-state index in [1.807, 2.05) is 0 Å². The molecule has 1 amide bonds. The van der Waals surface area contributed by atoms with Crippen LogP contribution in [0.3, 0.4) is 0 Å². The number of phenols is 1. The zero-order valence-corrected chi connectivity index (χ0v) is 15.2. The molecule has 0 saturated heterocycles. The molecule has 3 aromatic rings. The van der Waals surface area contributed by atoms with Crippen LogP contribution >= 0.6 is 11.6 Å². The molecule has 0 bridgehead atoms. The van der Waals surface area contributed by atoms with E-state index in [0.29, 0.717) is 33.1 Å². The Balaban J connectivity index is 1.57. The number of allylic oxidation sites excluding steroid dienone is 1. The molecule has 0 fully saturated rings. The molecule has 1 heterocycles. The first-order chi connectivity index (χ1) is 13.5. The summed E-state index contributed by atoms with van der Waals surface area (Å²) in [5.74, 6) is -0.0985. The lowest BCUT2D eigenvalue weighted by molar-refractivity contribution is 0.101. The lowest BCUT2D eigenvalue weighted by atomic mass is 10.1. The predicted molar refractivity (Wildman–Crippen MR) is 107 cm³/mol. The van der Waals surface area contributed by atoms with Crippen molar-refractivity contribution < 1.29 is 19.4 Å². The summed E-state index contributed by atoms with van der Waals surface area (Å²) in [4.78, 5) is 24.8. The van der Waals surface area contributed by atoms with Gasteiger partial charge in [0.15, 0.2) is 5.76 Å². The van der Waals surface area contributed by atoms with Gasteiger partial charge in [-0.15, -0.1) is 0 Å². The Morgan fingerprint density at radius 3 is 2.68 bits per heavy atom. The second-order valence-corrected chi connectivity index (χ2v) is 6.59. The van der Waals surface area contributed by atoms with Gasteiger partial charge in [-0.25, -0.2) is 0 Å². The molecule has 3 aromatic carbocycles. The Morgan fingerprint density at radius 1 is 1.04 bits per heavy atom. The highest BCUT2D eigenvalue weighted by molar-refractivity contribution is 6.34. The number of nitrogens with one attached hydrogen (secondary N) is 1. The third-order valence-corrected chi connectivity index (χ3v) is 4.54. The minimum atomic E-state index is -0.327. The second kappa shape index (κ2) is 7.21. The van der Waals surface area contributed by atoms with Crippen LogP contribution in [0.2, 0.25) is 5.02 Å². The SMILES string of the molecule is O=C(Nc1cccc(C=C2Oc3cc(O)ccc3C2=O)c1)c1ccccc1Cl. The van der Waals surface area contributed by atoms with Gasteiger partial charge in [-0.1, -0.05) is 35.9 Å². The quantitative estimate of drug-likeness (QED) is 0.622. The summed E-state index contributed by atoms with van der Waals surface area (Å²) >= 11 is 6.06. The van der Waals surface area contributed by atoms with E-state index in [1.165, 1.54) is 18.2 Å². The van der Waals surface area contributed by atoms with Crippen LogP contribution in [0, 0.1) is 0 Å². The van der Waals surface area contributed by atoms with Crippen LogP contribution in [-0.2, 0) is 0 Å². The Labute approximate surface area is 165 Å². The molecule has 0 saturated carbocycles. The topological polar surface area (TPSA) is 75.6 Å². The van der Waals surface area contributed by atoms with Gasteiger partial charge >= 0.3 is 0 Å². The van der Waals surface area contributed by atoms with Gasteiger partial charge in [0.05, 0.1) is 16.1 Å². The standard InChI is InChI=1S/C22H14ClNO4/c23-18-7-2-1-6-16(18)22(27)24-14-5-3-4-13(10-14)11-20-21(26)17-9-8-15(25)12-19(17)28-20/h1-12,25H,(H,24,27). The van der Waals surface area contributed by atoms with E-state index in [1.54, 1.807) is 54.6 Å². The van der Waals surface area contributed by atoms with Gasteiger partial charge in [0.25, 0.3) is 5.91 Å². The molecular formula is C22H14ClNO4. The minimum absolute atomic E-state index is 0.0251. The molecule has 0 radical (unpaired) electrons. The van der Waals surface area contributed by atoms with Gasteiger partial charge < -0.3 is 15.2 Å². The van der Waals surface area contributed by atoms with Crippen molar-refractivity contribution >= 4 is 35.1 Å². The first kappa shape index (κ1) is 17.8. The molecule has 0 atom stereocenters. The number of ketones is 1. The number of ether oxygens (including phenoxy) is 1. The Kier molecular flexibility index (Phi) is 4.59. The molecule has 0 spiro atoms. The Morgan fingerprint density at radius 2 is 1.86 bits per heavy atom. The van der Waals surface area contributed by atoms with Crippen LogP contribution in [0.15, 0.2) is 72.5 Å². The summed E-state index contributed by atoms with van der Waals surface area (Å²) in [5, 5.41) is 12.7. The van der Waals surface area contributed by atoms with Crippen LogP contribution < -0.4 is 10.1 Å². The highest BCUT2D eigenvalue weighted by Gasteiger charge is 2.27. The second-order valence-electron chi connectivity index (χ2n) is 6.18. The van der Waals surface area contributed by atoms with Gasteiger partial charge in [-0.2, -0.15) is 0 Å². The maximum Gasteiger partial charge on any atom is 0.257 e. The molecular weight excluding hydrogens is 378 g/mol. The molecule has 4 rings (SSSR count). The summed E-state index contributed by atoms with van der Waals surface area (Å²) in [6.07, 6.45) is 1.59. The fraction of sp³-hybridized carbons (Fsp3) is 0. The van der Waals surface area contributed by atoms with Crippen LogP contribution in [0.25, 0.3) is 6.08 Å². The summed E-state index contributed by atoms with van der Waals surface area (Å²) in [7, 11) is 0. The third-order valence-electron chi connectivity index (χ3n) is 4.21. The minimum Gasteiger partial charge on any atom is -0.508 e.